The Morgan fingerprint density at radius 1 is 1.21 bits per heavy atom. The van der Waals surface area contributed by atoms with E-state index in [2.05, 4.69) is 0 Å². The summed E-state index contributed by atoms with van der Waals surface area (Å²) < 4.78 is 4.84. The Balaban J connectivity index is 2.25. The average Bonchev–Trinajstić information content (AvgIpc) is 2.45. The molecule has 0 aliphatic carbocycles. The van der Waals surface area contributed by atoms with Crippen molar-refractivity contribution in [3.05, 3.63) is 48.0 Å². The average molecular weight is 258 g/mol. The van der Waals surface area contributed by atoms with Crippen molar-refractivity contribution in [3.63, 3.8) is 0 Å². The molecule has 0 heterocycles. The molecule has 2 rings (SSSR count). The number of fused-ring (bicyclic) bond motifs is 1. The monoisotopic (exact) mass is 258 g/mol. The molecule has 2 aromatic rings. The van der Waals surface area contributed by atoms with Gasteiger partial charge in [0.25, 0.3) is 0 Å². The molecule has 0 spiro atoms. The van der Waals surface area contributed by atoms with E-state index < -0.39 is 12.1 Å². The van der Waals surface area contributed by atoms with Crippen molar-refractivity contribution >= 4 is 16.7 Å². The Bertz CT molecular complexity index is 577. The van der Waals surface area contributed by atoms with Gasteiger partial charge < -0.3 is 9.84 Å². The molecule has 100 valence electrons. The zero-order chi connectivity index (χ0) is 13.8. The van der Waals surface area contributed by atoms with Crippen LogP contribution in [0.3, 0.4) is 0 Å². The van der Waals surface area contributed by atoms with Crippen LogP contribution in [0.2, 0.25) is 0 Å². The van der Waals surface area contributed by atoms with Crippen molar-refractivity contribution < 1.29 is 14.6 Å². The molecule has 0 bridgehead atoms. The molecule has 2 aromatic carbocycles. The SMILES string of the molecule is CCOC(=O)C(O)C(C)c1ccc2ccccc2c1. The minimum atomic E-state index is -1.12. The molecule has 0 aliphatic heterocycles. The van der Waals surface area contributed by atoms with Crippen molar-refractivity contribution in [2.75, 3.05) is 6.61 Å². The van der Waals surface area contributed by atoms with Gasteiger partial charge in [-0.3, -0.25) is 0 Å². The molecule has 0 saturated heterocycles. The van der Waals surface area contributed by atoms with E-state index in [1.807, 2.05) is 49.4 Å². The molecule has 0 saturated carbocycles. The van der Waals surface area contributed by atoms with Crippen molar-refractivity contribution in [1.82, 2.24) is 0 Å². The summed E-state index contributed by atoms with van der Waals surface area (Å²) in [5.41, 5.74) is 0.930. The normalized spacial score (nSPS) is 14.1. The number of hydrogen-bond donors (Lipinski definition) is 1. The van der Waals surface area contributed by atoms with E-state index in [4.69, 9.17) is 4.74 Å². The second-order valence-electron chi connectivity index (χ2n) is 4.59. The molecule has 2 atom stereocenters. The Hall–Kier alpha value is -1.87. The molecule has 0 radical (unpaired) electrons. The lowest BCUT2D eigenvalue weighted by Gasteiger charge is -2.18. The number of ether oxygens (including phenoxy) is 1. The quantitative estimate of drug-likeness (QED) is 0.858. The van der Waals surface area contributed by atoms with Crippen LogP contribution in [-0.2, 0) is 9.53 Å². The molecule has 3 nitrogen and oxygen atoms in total. The van der Waals surface area contributed by atoms with Crippen LogP contribution in [0, 0.1) is 0 Å². The summed E-state index contributed by atoms with van der Waals surface area (Å²) in [5, 5.41) is 12.2. The van der Waals surface area contributed by atoms with Crippen LogP contribution < -0.4 is 0 Å². The summed E-state index contributed by atoms with van der Waals surface area (Å²) in [5.74, 6) is -0.855. The van der Waals surface area contributed by atoms with Gasteiger partial charge in [0.05, 0.1) is 6.61 Å². The standard InChI is InChI=1S/C16H18O3/c1-3-19-16(18)15(17)11(2)13-9-8-12-6-4-5-7-14(12)10-13/h4-11,15,17H,3H2,1-2H3. The maximum absolute atomic E-state index is 11.5. The second-order valence-corrected chi connectivity index (χ2v) is 4.59. The Labute approximate surface area is 112 Å². The van der Waals surface area contributed by atoms with E-state index in [1.54, 1.807) is 6.92 Å². The van der Waals surface area contributed by atoms with Gasteiger partial charge in [-0.15, -0.1) is 0 Å². The zero-order valence-electron chi connectivity index (χ0n) is 11.2. The highest BCUT2D eigenvalue weighted by molar-refractivity contribution is 5.83. The van der Waals surface area contributed by atoms with Crippen molar-refractivity contribution in [3.8, 4) is 0 Å². The number of carbonyl (C=O) groups is 1. The minimum absolute atomic E-state index is 0.278. The van der Waals surface area contributed by atoms with Crippen molar-refractivity contribution in [2.45, 2.75) is 25.9 Å². The molecule has 0 aromatic heterocycles. The van der Waals surface area contributed by atoms with Crippen LogP contribution in [0.1, 0.15) is 25.3 Å². The van der Waals surface area contributed by atoms with E-state index in [0.717, 1.165) is 16.3 Å². The first kappa shape index (κ1) is 13.6. The predicted octanol–water partition coefficient (Wildman–Crippen LogP) is 2.87. The minimum Gasteiger partial charge on any atom is -0.464 e. The third-order valence-electron chi connectivity index (χ3n) is 3.30. The molecule has 0 aliphatic rings. The Morgan fingerprint density at radius 2 is 1.89 bits per heavy atom. The first-order valence-electron chi connectivity index (χ1n) is 6.47. The third kappa shape index (κ3) is 2.93. The lowest BCUT2D eigenvalue weighted by Crippen LogP contribution is -2.28. The van der Waals surface area contributed by atoms with Crippen LogP contribution in [-0.4, -0.2) is 23.8 Å². The van der Waals surface area contributed by atoms with Gasteiger partial charge in [0.15, 0.2) is 6.10 Å². The number of aliphatic hydroxyl groups is 1. The van der Waals surface area contributed by atoms with Gasteiger partial charge in [-0.1, -0.05) is 49.4 Å². The maximum atomic E-state index is 11.5. The van der Waals surface area contributed by atoms with Gasteiger partial charge in [-0.2, -0.15) is 0 Å². The molecule has 2 unspecified atom stereocenters. The fraction of sp³-hybridized carbons (Fsp3) is 0.312. The van der Waals surface area contributed by atoms with Gasteiger partial charge in [-0.25, -0.2) is 4.79 Å². The van der Waals surface area contributed by atoms with Crippen LogP contribution in [0.25, 0.3) is 10.8 Å². The second kappa shape index (κ2) is 5.85. The maximum Gasteiger partial charge on any atom is 0.335 e. The van der Waals surface area contributed by atoms with Crippen molar-refractivity contribution in [1.29, 1.82) is 0 Å². The molecule has 0 fully saturated rings. The summed E-state index contributed by atoms with van der Waals surface area (Å²) in [6.45, 7) is 3.83. The fourth-order valence-electron chi connectivity index (χ4n) is 2.11. The van der Waals surface area contributed by atoms with Crippen molar-refractivity contribution in [2.24, 2.45) is 0 Å². The lowest BCUT2D eigenvalue weighted by atomic mass is 9.93. The number of aliphatic hydroxyl groups excluding tert-OH is 1. The highest BCUT2D eigenvalue weighted by Gasteiger charge is 2.24. The van der Waals surface area contributed by atoms with Gasteiger partial charge >= 0.3 is 5.97 Å². The van der Waals surface area contributed by atoms with Gasteiger partial charge in [0.1, 0.15) is 0 Å². The number of benzene rings is 2. The van der Waals surface area contributed by atoms with Crippen LogP contribution in [0.15, 0.2) is 42.5 Å². The number of hydrogen-bond acceptors (Lipinski definition) is 3. The predicted molar refractivity (Wildman–Crippen MR) is 75.0 cm³/mol. The number of esters is 1. The molecular weight excluding hydrogens is 240 g/mol. The molecule has 1 N–H and O–H groups in total. The fourth-order valence-corrected chi connectivity index (χ4v) is 2.11. The van der Waals surface area contributed by atoms with Gasteiger partial charge in [0.2, 0.25) is 0 Å². The summed E-state index contributed by atoms with van der Waals surface area (Å²) in [6.07, 6.45) is -1.12. The van der Waals surface area contributed by atoms with E-state index in [1.165, 1.54) is 0 Å². The highest BCUT2D eigenvalue weighted by Crippen LogP contribution is 2.24. The van der Waals surface area contributed by atoms with E-state index in [0.29, 0.717) is 0 Å². The zero-order valence-corrected chi connectivity index (χ0v) is 11.2. The molecule has 0 amide bonds. The first-order chi connectivity index (χ1) is 9.13. The first-order valence-corrected chi connectivity index (χ1v) is 6.47. The van der Waals surface area contributed by atoms with E-state index in [9.17, 15) is 9.90 Å². The largest absolute Gasteiger partial charge is 0.464 e. The molecular formula is C16H18O3. The van der Waals surface area contributed by atoms with Crippen LogP contribution in [0.5, 0.6) is 0 Å². The van der Waals surface area contributed by atoms with Gasteiger partial charge in [0, 0.05) is 5.92 Å². The summed E-state index contributed by atoms with van der Waals surface area (Å²) in [7, 11) is 0. The van der Waals surface area contributed by atoms with Crippen LogP contribution in [0.4, 0.5) is 0 Å². The Morgan fingerprint density at radius 3 is 2.58 bits per heavy atom. The summed E-state index contributed by atoms with van der Waals surface area (Å²) in [6, 6.07) is 13.9. The third-order valence-corrected chi connectivity index (χ3v) is 3.30. The Kier molecular flexibility index (Phi) is 4.17. The topological polar surface area (TPSA) is 46.5 Å². The van der Waals surface area contributed by atoms with E-state index in [-0.39, 0.29) is 12.5 Å². The number of rotatable bonds is 4. The lowest BCUT2D eigenvalue weighted by molar-refractivity contribution is -0.154. The summed E-state index contributed by atoms with van der Waals surface area (Å²) >= 11 is 0. The van der Waals surface area contributed by atoms with Gasteiger partial charge in [-0.05, 0) is 23.3 Å². The smallest absolute Gasteiger partial charge is 0.335 e. The molecule has 19 heavy (non-hydrogen) atoms. The van der Waals surface area contributed by atoms with Crippen LogP contribution >= 0.6 is 0 Å². The summed E-state index contributed by atoms with van der Waals surface area (Å²) in [4.78, 5) is 11.5. The number of carbonyl (C=O) groups excluding carboxylic acids is 1. The molecule has 3 heteroatoms. The van der Waals surface area contributed by atoms with E-state index >= 15 is 0 Å². The highest BCUT2D eigenvalue weighted by atomic mass is 16.5.